The summed E-state index contributed by atoms with van der Waals surface area (Å²) in [7, 11) is 3.61. The first-order chi connectivity index (χ1) is 10.1. The molecule has 106 valence electrons. The largest absolute Gasteiger partial charge is 0.491 e. The number of hydrogen-bond donors (Lipinski definition) is 0. The Morgan fingerprint density at radius 2 is 2.05 bits per heavy atom. The van der Waals surface area contributed by atoms with Crippen molar-refractivity contribution in [3.05, 3.63) is 41.7 Å². The molecule has 1 aliphatic rings. The molecule has 21 heavy (non-hydrogen) atoms. The molecule has 5 nitrogen and oxygen atoms in total. The zero-order valence-corrected chi connectivity index (χ0v) is 12.0. The molecular weight excluding hydrogens is 266 g/mol. The smallest absolute Gasteiger partial charge is 0.230 e. The quantitative estimate of drug-likeness (QED) is 0.689. The fourth-order valence-electron chi connectivity index (χ4n) is 2.16. The van der Waals surface area contributed by atoms with Gasteiger partial charge in [0.05, 0.1) is 30.5 Å². The minimum absolute atomic E-state index is 0.0473. The van der Waals surface area contributed by atoms with Crippen LogP contribution in [0, 0.1) is 11.8 Å². The van der Waals surface area contributed by atoms with E-state index < -0.39 is 0 Å². The van der Waals surface area contributed by atoms with Crippen molar-refractivity contribution < 1.29 is 9.53 Å². The van der Waals surface area contributed by atoms with Gasteiger partial charge in [-0.15, -0.1) is 0 Å². The molecule has 0 N–H and O–H groups in total. The van der Waals surface area contributed by atoms with Crippen molar-refractivity contribution in [3.63, 3.8) is 0 Å². The van der Waals surface area contributed by atoms with Crippen molar-refractivity contribution in [2.24, 2.45) is 7.05 Å². The van der Waals surface area contributed by atoms with E-state index in [-0.39, 0.29) is 5.91 Å². The lowest BCUT2D eigenvalue weighted by atomic mass is 10.1. The lowest BCUT2D eigenvalue weighted by Crippen LogP contribution is -2.25. The van der Waals surface area contributed by atoms with Crippen LogP contribution < -0.4 is 9.64 Å². The molecule has 2 aromatic rings. The first-order valence-corrected chi connectivity index (χ1v) is 6.67. The number of fused-ring (bicyclic) bond motifs is 1. The van der Waals surface area contributed by atoms with Crippen molar-refractivity contribution in [2.45, 2.75) is 6.42 Å². The monoisotopic (exact) mass is 281 g/mol. The molecule has 1 aromatic heterocycles. The van der Waals surface area contributed by atoms with Gasteiger partial charge in [-0.3, -0.25) is 9.48 Å². The second kappa shape index (κ2) is 5.33. The number of hydrogen-bond acceptors (Lipinski definition) is 3. The molecule has 0 aliphatic carbocycles. The number of anilines is 1. The minimum Gasteiger partial charge on any atom is -0.491 e. The van der Waals surface area contributed by atoms with Crippen molar-refractivity contribution >= 4 is 11.6 Å². The van der Waals surface area contributed by atoms with Gasteiger partial charge in [0.1, 0.15) is 5.75 Å². The number of aryl methyl sites for hydroxylation is 1. The number of aromatic nitrogens is 2. The van der Waals surface area contributed by atoms with Crippen LogP contribution in [-0.4, -0.2) is 29.3 Å². The third-order valence-corrected chi connectivity index (χ3v) is 3.32. The summed E-state index contributed by atoms with van der Waals surface area (Å²) >= 11 is 0. The zero-order valence-electron chi connectivity index (χ0n) is 12.0. The van der Waals surface area contributed by atoms with Crippen molar-refractivity contribution in [1.29, 1.82) is 0 Å². The first-order valence-electron chi connectivity index (χ1n) is 6.67. The van der Waals surface area contributed by atoms with Gasteiger partial charge in [0, 0.05) is 25.9 Å². The minimum atomic E-state index is 0.0473. The summed E-state index contributed by atoms with van der Waals surface area (Å²) < 4.78 is 7.30. The van der Waals surface area contributed by atoms with E-state index in [0.717, 1.165) is 22.6 Å². The molecule has 1 aromatic carbocycles. The number of carbonyl (C=O) groups is 1. The van der Waals surface area contributed by atoms with E-state index in [4.69, 9.17) is 4.74 Å². The molecular formula is C16H15N3O2. The highest BCUT2D eigenvalue weighted by Crippen LogP contribution is 2.31. The van der Waals surface area contributed by atoms with Crippen molar-refractivity contribution in [2.75, 3.05) is 18.6 Å². The summed E-state index contributed by atoms with van der Waals surface area (Å²) in [4.78, 5) is 13.5. The van der Waals surface area contributed by atoms with Crippen LogP contribution in [0.15, 0.2) is 30.6 Å². The van der Waals surface area contributed by atoms with E-state index >= 15 is 0 Å². The van der Waals surface area contributed by atoms with E-state index in [1.54, 1.807) is 22.8 Å². The molecule has 0 saturated heterocycles. The summed E-state index contributed by atoms with van der Waals surface area (Å²) in [5, 5.41) is 4.07. The van der Waals surface area contributed by atoms with Gasteiger partial charge in [-0.05, 0) is 18.2 Å². The molecule has 0 unspecified atom stereocenters. The van der Waals surface area contributed by atoms with Crippen LogP contribution in [0.2, 0.25) is 0 Å². The summed E-state index contributed by atoms with van der Waals surface area (Å²) in [6.45, 7) is 0.414. The summed E-state index contributed by atoms with van der Waals surface area (Å²) in [6, 6.07) is 5.63. The van der Waals surface area contributed by atoms with Crippen LogP contribution in [0.1, 0.15) is 17.5 Å². The molecule has 0 spiro atoms. The maximum Gasteiger partial charge on any atom is 0.230 e. The van der Waals surface area contributed by atoms with Gasteiger partial charge in [0.15, 0.2) is 0 Å². The Balaban J connectivity index is 1.94. The van der Waals surface area contributed by atoms with Gasteiger partial charge in [-0.1, -0.05) is 11.8 Å². The van der Waals surface area contributed by atoms with Crippen LogP contribution in [-0.2, 0) is 11.8 Å². The zero-order chi connectivity index (χ0) is 14.8. The van der Waals surface area contributed by atoms with Crippen LogP contribution in [0.25, 0.3) is 0 Å². The summed E-state index contributed by atoms with van der Waals surface area (Å²) in [5.74, 6) is 6.90. The van der Waals surface area contributed by atoms with Gasteiger partial charge in [-0.2, -0.15) is 5.10 Å². The van der Waals surface area contributed by atoms with Crippen molar-refractivity contribution in [1.82, 2.24) is 9.78 Å². The second-order valence-electron chi connectivity index (χ2n) is 4.89. The highest BCUT2D eigenvalue weighted by molar-refractivity contribution is 5.95. The van der Waals surface area contributed by atoms with E-state index in [1.165, 1.54) is 0 Å². The Labute approximate surface area is 123 Å². The Bertz CT molecular complexity index is 752. The van der Waals surface area contributed by atoms with E-state index in [9.17, 15) is 4.79 Å². The SMILES string of the molecule is CN1C(=O)CCOc2ccc(C#Cc3cnn(C)c3)cc21. The van der Waals surface area contributed by atoms with Gasteiger partial charge in [-0.25, -0.2) is 0 Å². The molecule has 5 heteroatoms. The number of rotatable bonds is 0. The maximum absolute atomic E-state index is 11.9. The number of amides is 1. The van der Waals surface area contributed by atoms with Gasteiger partial charge in [0.2, 0.25) is 5.91 Å². The molecule has 0 radical (unpaired) electrons. The molecule has 1 amide bonds. The normalized spacial score (nSPS) is 13.8. The average Bonchev–Trinajstić information content (AvgIpc) is 2.84. The number of carbonyl (C=O) groups excluding carboxylic acids is 1. The standard InChI is InChI=1S/C16H15N3O2/c1-18-11-13(10-17-18)4-3-12-5-6-15-14(9-12)19(2)16(20)7-8-21-15/h5-6,9-11H,7-8H2,1-2H3. The molecule has 2 heterocycles. The van der Waals surface area contributed by atoms with E-state index in [0.29, 0.717) is 13.0 Å². The molecule has 0 bridgehead atoms. The topological polar surface area (TPSA) is 47.4 Å². The van der Waals surface area contributed by atoms with Crippen LogP contribution >= 0.6 is 0 Å². The molecule has 1 aliphatic heterocycles. The molecule has 0 saturated carbocycles. The Hall–Kier alpha value is -2.74. The average molecular weight is 281 g/mol. The fourth-order valence-corrected chi connectivity index (χ4v) is 2.16. The molecule has 0 atom stereocenters. The Kier molecular flexibility index (Phi) is 3.36. The van der Waals surface area contributed by atoms with Crippen LogP contribution in [0.5, 0.6) is 5.75 Å². The van der Waals surface area contributed by atoms with Crippen LogP contribution in [0.4, 0.5) is 5.69 Å². The second-order valence-corrected chi connectivity index (χ2v) is 4.89. The predicted molar refractivity (Wildman–Crippen MR) is 79.2 cm³/mol. The third kappa shape index (κ3) is 2.75. The van der Waals surface area contributed by atoms with Crippen LogP contribution in [0.3, 0.4) is 0 Å². The summed E-state index contributed by atoms with van der Waals surface area (Å²) in [5.41, 5.74) is 2.45. The Morgan fingerprint density at radius 3 is 2.81 bits per heavy atom. The van der Waals surface area contributed by atoms with E-state index in [2.05, 4.69) is 16.9 Å². The third-order valence-electron chi connectivity index (χ3n) is 3.32. The lowest BCUT2D eigenvalue weighted by Gasteiger charge is -2.16. The highest BCUT2D eigenvalue weighted by atomic mass is 16.5. The molecule has 3 rings (SSSR count). The van der Waals surface area contributed by atoms with Gasteiger partial charge < -0.3 is 9.64 Å². The maximum atomic E-state index is 11.9. The van der Waals surface area contributed by atoms with Crippen molar-refractivity contribution in [3.8, 4) is 17.6 Å². The molecule has 0 fully saturated rings. The van der Waals surface area contributed by atoms with Gasteiger partial charge in [0.25, 0.3) is 0 Å². The summed E-state index contributed by atoms with van der Waals surface area (Å²) in [6.07, 6.45) is 3.96. The highest BCUT2D eigenvalue weighted by Gasteiger charge is 2.19. The number of benzene rings is 1. The fraction of sp³-hybridized carbons (Fsp3) is 0.250. The predicted octanol–water partition coefficient (Wildman–Crippen LogP) is 1.57. The Morgan fingerprint density at radius 1 is 1.24 bits per heavy atom. The number of ether oxygens (including phenoxy) is 1. The lowest BCUT2D eigenvalue weighted by molar-refractivity contribution is -0.118. The van der Waals surface area contributed by atoms with E-state index in [1.807, 2.05) is 31.4 Å². The first kappa shape index (κ1) is 13.3. The van der Waals surface area contributed by atoms with Gasteiger partial charge >= 0.3 is 0 Å². The number of nitrogens with zero attached hydrogens (tertiary/aromatic N) is 3.